The van der Waals surface area contributed by atoms with Gasteiger partial charge in [-0.05, 0) is 43.7 Å². The van der Waals surface area contributed by atoms with Gasteiger partial charge < -0.3 is 5.32 Å². The van der Waals surface area contributed by atoms with E-state index in [1.165, 1.54) is 19.3 Å². The first-order chi connectivity index (χ1) is 8.70. The van der Waals surface area contributed by atoms with Crippen molar-refractivity contribution in [2.45, 2.75) is 71.9 Å². The second-order valence-corrected chi connectivity index (χ2v) is 5.00. The summed E-state index contributed by atoms with van der Waals surface area (Å²) in [5.74, 6) is 0.951. The summed E-state index contributed by atoms with van der Waals surface area (Å²) in [4.78, 5) is 0. The molecule has 2 unspecified atom stereocenters. The minimum absolute atomic E-state index is 0.216. The van der Waals surface area contributed by atoms with Gasteiger partial charge in [-0.15, -0.1) is 5.10 Å². The summed E-state index contributed by atoms with van der Waals surface area (Å²) in [6.07, 6.45) is 6.05. The lowest BCUT2D eigenvalue weighted by Crippen LogP contribution is -2.24. The molecular weight excluding hydrogens is 226 g/mol. The summed E-state index contributed by atoms with van der Waals surface area (Å²) < 4.78 is 1.98. The molecule has 0 radical (unpaired) electrons. The van der Waals surface area contributed by atoms with Crippen LogP contribution < -0.4 is 5.32 Å². The van der Waals surface area contributed by atoms with E-state index in [0.717, 1.165) is 25.2 Å². The average molecular weight is 253 g/mol. The molecule has 1 rings (SSSR count). The van der Waals surface area contributed by atoms with Gasteiger partial charge in [-0.25, -0.2) is 4.68 Å². The quantitative estimate of drug-likeness (QED) is 0.688. The highest BCUT2D eigenvalue weighted by molar-refractivity contribution is 4.91. The Kier molecular flexibility index (Phi) is 6.86. The SMILES string of the molecule is CCCCCC(C)n1nnnc1C(C)NCCC. The number of unbranched alkanes of at least 4 members (excludes halogenated alkanes) is 2. The van der Waals surface area contributed by atoms with Crippen molar-refractivity contribution in [3.63, 3.8) is 0 Å². The first-order valence-corrected chi connectivity index (χ1v) is 7.21. The maximum Gasteiger partial charge on any atom is 0.168 e. The van der Waals surface area contributed by atoms with Crippen molar-refractivity contribution in [3.05, 3.63) is 5.82 Å². The molecule has 1 aromatic rings. The smallest absolute Gasteiger partial charge is 0.168 e. The first kappa shape index (κ1) is 15.1. The van der Waals surface area contributed by atoms with Crippen LogP contribution in [-0.2, 0) is 0 Å². The molecule has 1 N–H and O–H groups in total. The highest BCUT2D eigenvalue weighted by atomic mass is 15.6. The molecule has 0 saturated heterocycles. The first-order valence-electron chi connectivity index (χ1n) is 7.21. The van der Waals surface area contributed by atoms with Crippen LogP contribution in [0.15, 0.2) is 0 Å². The Bertz CT molecular complexity index is 323. The zero-order valence-corrected chi connectivity index (χ0v) is 12.2. The van der Waals surface area contributed by atoms with Crippen molar-refractivity contribution in [3.8, 4) is 0 Å². The Morgan fingerprint density at radius 2 is 1.94 bits per heavy atom. The molecular formula is C13H27N5. The summed E-state index contributed by atoms with van der Waals surface area (Å²) in [6, 6.07) is 0.598. The Morgan fingerprint density at radius 3 is 2.61 bits per heavy atom. The Morgan fingerprint density at radius 1 is 1.17 bits per heavy atom. The predicted molar refractivity (Wildman–Crippen MR) is 73.4 cm³/mol. The van der Waals surface area contributed by atoms with Crippen LogP contribution in [0.1, 0.15) is 77.7 Å². The molecule has 2 atom stereocenters. The fraction of sp³-hybridized carbons (Fsp3) is 0.923. The minimum Gasteiger partial charge on any atom is -0.307 e. The maximum atomic E-state index is 4.16. The fourth-order valence-electron chi connectivity index (χ4n) is 2.06. The predicted octanol–water partition coefficient (Wildman–Crippen LogP) is 2.88. The van der Waals surface area contributed by atoms with Gasteiger partial charge in [-0.3, -0.25) is 0 Å². The second-order valence-electron chi connectivity index (χ2n) is 5.00. The van der Waals surface area contributed by atoms with Gasteiger partial charge in [-0.1, -0.05) is 33.1 Å². The van der Waals surface area contributed by atoms with Crippen LogP contribution in [-0.4, -0.2) is 26.8 Å². The van der Waals surface area contributed by atoms with Crippen LogP contribution in [0.3, 0.4) is 0 Å². The fourth-order valence-corrected chi connectivity index (χ4v) is 2.06. The molecule has 0 aliphatic heterocycles. The van der Waals surface area contributed by atoms with E-state index in [4.69, 9.17) is 0 Å². The van der Waals surface area contributed by atoms with Gasteiger partial charge in [0.2, 0.25) is 0 Å². The highest BCUT2D eigenvalue weighted by Gasteiger charge is 2.17. The number of hydrogen-bond donors (Lipinski definition) is 1. The topological polar surface area (TPSA) is 55.6 Å². The average Bonchev–Trinajstić information content (AvgIpc) is 2.85. The normalized spacial score (nSPS) is 14.7. The van der Waals surface area contributed by atoms with Crippen molar-refractivity contribution >= 4 is 0 Å². The van der Waals surface area contributed by atoms with Gasteiger partial charge in [0.05, 0.1) is 12.1 Å². The van der Waals surface area contributed by atoms with E-state index in [-0.39, 0.29) is 6.04 Å². The van der Waals surface area contributed by atoms with Gasteiger partial charge in [0.1, 0.15) is 0 Å². The molecule has 0 fully saturated rings. The number of hydrogen-bond acceptors (Lipinski definition) is 4. The lowest BCUT2D eigenvalue weighted by Gasteiger charge is -2.17. The molecule has 1 aromatic heterocycles. The van der Waals surface area contributed by atoms with E-state index >= 15 is 0 Å². The third-order valence-electron chi connectivity index (χ3n) is 3.25. The lowest BCUT2D eigenvalue weighted by atomic mass is 10.1. The van der Waals surface area contributed by atoms with Gasteiger partial charge in [0.25, 0.3) is 0 Å². The Hall–Kier alpha value is -0.970. The molecule has 0 bridgehead atoms. The molecule has 0 aliphatic rings. The van der Waals surface area contributed by atoms with Crippen molar-refractivity contribution in [1.29, 1.82) is 0 Å². The largest absolute Gasteiger partial charge is 0.307 e. The number of aromatic nitrogens is 4. The number of nitrogens with zero attached hydrogens (tertiary/aromatic N) is 4. The third-order valence-corrected chi connectivity index (χ3v) is 3.25. The van der Waals surface area contributed by atoms with Gasteiger partial charge in [0.15, 0.2) is 5.82 Å². The van der Waals surface area contributed by atoms with Gasteiger partial charge >= 0.3 is 0 Å². The molecule has 5 heteroatoms. The molecule has 0 spiro atoms. The van der Waals surface area contributed by atoms with Crippen molar-refractivity contribution in [1.82, 2.24) is 25.5 Å². The monoisotopic (exact) mass is 253 g/mol. The summed E-state index contributed by atoms with van der Waals surface area (Å²) >= 11 is 0. The summed E-state index contributed by atoms with van der Waals surface area (Å²) in [5, 5.41) is 15.6. The molecule has 5 nitrogen and oxygen atoms in total. The summed E-state index contributed by atoms with van der Waals surface area (Å²) in [5.41, 5.74) is 0. The highest BCUT2D eigenvalue weighted by Crippen LogP contribution is 2.18. The van der Waals surface area contributed by atoms with Crippen LogP contribution in [0.4, 0.5) is 0 Å². The molecule has 18 heavy (non-hydrogen) atoms. The summed E-state index contributed by atoms with van der Waals surface area (Å²) in [6.45, 7) is 9.71. The minimum atomic E-state index is 0.216. The van der Waals surface area contributed by atoms with E-state index in [1.54, 1.807) is 0 Å². The standard InChI is InChI=1S/C13H27N5/c1-5-7-8-9-11(3)18-13(15-16-17-18)12(4)14-10-6-2/h11-12,14H,5-10H2,1-4H3. The van der Waals surface area contributed by atoms with Crippen molar-refractivity contribution in [2.75, 3.05) is 6.54 Å². The molecule has 0 aromatic carbocycles. The summed E-state index contributed by atoms with van der Waals surface area (Å²) in [7, 11) is 0. The van der Waals surface area contributed by atoms with E-state index in [2.05, 4.69) is 48.5 Å². The van der Waals surface area contributed by atoms with Crippen LogP contribution >= 0.6 is 0 Å². The van der Waals surface area contributed by atoms with Gasteiger partial charge in [-0.2, -0.15) is 0 Å². The molecule has 104 valence electrons. The number of rotatable bonds is 9. The van der Waals surface area contributed by atoms with Crippen molar-refractivity contribution in [2.24, 2.45) is 0 Å². The van der Waals surface area contributed by atoms with E-state index in [0.29, 0.717) is 6.04 Å². The molecule has 0 amide bonds. The maximum absolute atomic E-state index is 4.16. The van der Waals surface area contributed by atoms with Crippen molar-refractivity contribution < 1.29 is 0 Å². The number of tetrazole rings is 1. The zero-order valence-electron chi connectivity index (χ0n) is 12.2. The second kappa shape index (κ2) is 8.19. The lowest BCUT2D eigenvalue weighted by molar-refractivity contribution is 0.395. The molecule has 0 aliphatic carbocycles. The van der Waals surface area contributed by atoms with Crippen LogP contribution in [0.2, 0.25) is 0 Å². The Labute approximate surface area is 110 Å². The van der Waals surface area contributed by atoms with E-state index in [9.17, 15) is 0 Å². The van der Waals surface area contributed by atoms with Crippen LogP contribution in [0, 0.1) is 0 Å². The van der Waals surface area contributed by atoms with Gasteiger partial charge in [0, 0.05) is 0 Å². The van der Waals surface area contributed by atoms with E-state index in [1.807, 2.05) is 4.68 Å². The third kappa shape index (κ3) is 4.37. The Balaban J connectivity index is 2.57. The molecule has 1 heterocycles. The van der Waals surface area contributed by atoms with Crippen LogP contribution in [0.25, 0.3) is 0 Å². The number of nitrogens with one attached hydrogen (secondary N) is 1. The zero-order chi connectivity index (χ0) is 13.4. The van der Waals surface area contributed by atoms with E-state index < -0.39 is 0 Å². The van der Waals surface area contributed by atoms with Crippen LogP contribution in [0.5, 0.6) is 0 Å². The molecule has 0 saturated carbocycles.